The molecule has 1 aromatic heterocycles. The van der Waals surface area contributed by atoms with Crippen molar-refractivity contribution in [3.63, 3.8) is 0 Å². The number of nitrogen functional groups attached to an aromatic ring is 1. The van der Waals surface area contributed by atoms with Crippen LogP contribution in [0.25, 0.3) is 0 Å². The molecule has 0 amide bonds. The second-order valence-corrected chi connectivity index (χ2v) is 3.98. The second-order valence-electron chi connectivity index (χ2n) is 1.53. The number of thiazole rings is 1. The Morgan fingerprint density at radius 1 is 1.70 bits per heavy atom. The molecule has 0 atom stereocenters. The maximum Gasteiger partial charge on any atom is 0.370 e. The van der Waals surface area contributed by atoms with E-state index in [1.807, 2.05) is 0 Å². The zero-order chi connectivity index (χ0) is 7.78. The fraction of sp³-hybridized carbons (Fsp3) is 0. The first kappa shape index (κ1) is 7.45. The van der Waals surface area contributed by atoms with Crippen LogP contribution in [0, 0.1) is 0 Å². The zero-order valence-corrected chi connectivity index (χ0v) is 6.35. The highest BCUT2D eigenvalue weighted by atomic mass is 32.3. The van der Waals surface area contributed by atoms with Gasteiger partial charge in [-0.25, -0.2) is 14.3 Å². The zero-order valence-electron chi connectivity index (χ0n) is 4.72. The van der Waals surface area contributed by atoms with Gasteiger partial charge < -0.3 is 4.55 Å². The third-order valence-electron chi connectivity index (χ3n) is 0.815. The van der Waals surface area contributed by atoms with Crippen molar-refractivity contribution in [1.29, 1.82) is 0 Å². The number of nitrogens with two attached hydrogens (primary N) is 1. The fourth-order valence-corrected chi connectivity index (χ4v) is 1.91. The van der Waals surface area contributed by atoms with Gasteiger partial charge >= 0.3 is 4.34 Å². The van der Waals surface area contributed by atoms with Gasteiger partial charge in [0, 0.05) is 0 Å². The molecule has 0 saturated heterocycles. The van der Waals surface area contributed by atoms with Gasteiger partial charge in [-0.3, -0.25) is 0 Å². The summed E-state index contributed by atoms with van der Waals surface area (Å²) in [5.41, 5.74) is 0. The van der Waals surface area contributed by atoms with Crippen LogP contribution in [-0.4, -0.2) is 13.0 Å². The van der Waals surface area contributed by atoms with Crippen LogP contribution in [0.2, 0.25) is 0 Å². The van der Waals surface area contributed by atoms with Crippen molar-refractivity contribution < 1.29 is 17.6 Å². The van der Waals surface area contributed by atoms with Gasteiger partial charge in [-0.1, -0.05) is 16.0 Å². The van der Waals surface area contributed by atoms with E-state index in [2.05, 4.69) is 0 Å². The van der Waals surface area contributed by atoms with Crippen molar-refractivity contribution in [2.45, 2.75) is 4.34 Å². The summed E-state index contributed by atoms with van der Waals surface area (Å²) in [5, 5.41) is 1.42. The molecule has 0 aliphatic carbocycles. The van der Waals surface area contributed by atoms with Gasteiger partial charge in [-0.15, -0.1) is 0 Å². The lowest BCUT2D eigenvalue weighted by Crippen LogP contribution is -2.46. The van der Waals surface area contributed by atoms with E-state index < -0.39 is 10.1 Å². The summed E-state index contributed by atoms with van der Waals surface area (Å²) in [6.45, 7) is 0. The lowest BCUT2D eigenvalue weighted by atomic mass is 11.0. The summed E-state index contributed by atoms with van der Waals surface area (Å²) in [7, 11) is -4.38. The topological polar surface area (TPSA) is 87.1 Å². The molecule has 0 bridgehead atoms. The van der Waals surface area contributed by atoms with Gasteiger partial charge in [0.25, 0.3) is 0 Å². The summed E-state index contributed by atoms with van der Waals surface area (Å²) >= 11 is 0.794. The van der Waals surface area contributed by atoms with Crippen LogP contribution >= 0.6 is 11.3 Å². The lowest BCUT2D eigenvalue weighted by Gasteiger charge is -1.96. The average Bonchev–Trinajstić information content (AvgIpc) is 2.11. The number of hydrogen-bond acceptors (Lipinski definition) is 5. The summed E-state index contributed by atoms with van der Waals surface area (Å²) in [4.78, 5) is 0. The largest absolute Gasteiger partial charge is 0.739 e. The van der Waals surface area contributed by atoms with Crippen molar-refractivity contribution in [2.24, 2.45) is 0 Å². The maximum absolute atomic E-state index is 10.3. The Balaban J connectivity index is 3.32. The predicted octanol–water partition coefficient (Wildman–Crippen LogP) is -1.35. The van der Waals surface area contributed by atoms with Crippen molar-refractivity contribution in [2.75, 3.05) is 5.84 Å². The molecule has 0 aromatic carbocycles. The van der Waals surface area contributed by atoms with Crippen molar-refractivity contribution in [3.05, 3.63) is 11.6 Å². The Hall–Kier alpha value is -0.660. The SMILES string of the molecule is N[n+]1ccsc1S(=O)(=O)[O-]. The normalized spacial score (nSPS) is 11.7. The van der Waals surface area contributed by atoms with E-state index in [1.54, 1.807) is 0 Å². The Morgan fingerprint density at radius 2 is 2.30 bits per heavy atom. The van der Waals surface area contributed by atoms with Gasteiger partial charge in [0.1, 0.15) is 0 Å². The molecule has 0 fully saturated rings. The molecule has 5 nitrogen and oxygen atoms in total. The van der Waals surface area contributed by atoms with Crippen LogP contribution in [0.4, 0.5) is 0 Å². The standard InChI is InChI=1S/C3H4N2O3S2/c4-5-1-2-9-3(5)10(6,7)8/h1-2H,4H2. The second kappa shape index (κ2) is 2.19. The Kier molecular flexibility index (Phi) is 1.63. The highest BCUT2D eigenvalue weighted by molar-refractivity contribution is 7.87. The highest BCUT2D eigenvalue weighted by Crippen LogP contribution is 2.06. The molecule has 1 heterocycles. The molecule has 1 aromatic rings. The average molecular weight is 180 g/mol. The van der Waals surface area contributed by atoms with Crippen LogP contribution in [0.5, 0.6) is 0 Å². The van der Waals surface area contributed by atoms with Crippen molar-refractivity contribution in [1.82, 2.24) is 0 Å². The number of hydrogen-bond donors (Lipinski definition) is 1. The molecule has 56 valence electrons. The summed E-state index contributed by atoms with van der Waals surface area (Å²) in [6, 6.07) is 0. The number of nitrogens with zero attached hydrogens (tertiary/aromatic N) is 1. The van der Waals surface area contributed by atoms with Crippen LogP contribution in [-0.2, 0) is 10.1 Å². The monoisotopic (exact) mass is 180 g/mol. The summed E-state index contributed by atoms with van der Waals surface area (Å²) in [6.07, 6.45) is 1.30. The van der Waals surface area contributed by atoms with Crippen molar-refractivity contribution in [3.8, 4) is 0 Å². The first-order valence-corrected chi connectivity index (χ1v) is 4.51. The molecule has 1 rings (SSSR count). The van der Waals surface area contributed by atoms with Crippen LogP contribution in [0.3, 0.4) is 0 Å². The quantitative estimate of drug-likeness (QED) is 0.329. The summed E-state index contributed by atoms with van der Waals surface area (Å²) < 4.78 is 31.2. The van der Waals surface area contributed by atoms with E-state index in [-0.39, 0.29) is 4.34 Å². The minimum absolute atomic E-state index is 0.382. The van der Waals surface area contributed by atoms with Gasteiger partial charge in [-0.05, 0) is 0 Å². The van der Waals surface area contributed by atoms with E-state index in [4.69, 9.17) is 5.84 Å². The summed E-state index contributed by atoms with van der Waals surface area (Å²) in [5.74, 6) is 5.07. The molecule has 2 N–H and O–H groups in total. The third kappa shape index (κ3) is 1.25. The van der Waals surface area contributed by atoms with Crippen LogP contribution in [0.1, 0.15) is 0 Å². The van der Waals surface area contributed by atoms with E-state index in [0.29, 0.717) is 0 Å². The number of rotatable bonds is 1. The van der Waals surface area contributed by atoms with Crippen LogP contribution < -0.4 is 10.5 Å². The molecule has 7 heteroatoms. The predicted molar refractivity (Wildman–Crippen MR) is 32.6 cm³/mol. The fourth-order valence-electron chi connectivity index (χ4n) is 0.464. The first-order valence-electron chi connectivity index (χ1n) is 2.22. The molecule has 0 unspecified atom stereocenters. The van der Waals surface area contributed by atoms with Gasteiger partial charge in [0.2, 0.25) is 6.20 Å². The smallest absolute Gasteiger partial charge is 0.370 e. The Labute approximate surface area is 61.4 Å². The third-order valence-corrected chi connectivity index (χ3v) is 3.02. The van der Waals surface area contributed by atoms with E-state index in [1.165, 1.54) is 11.6 Å². The molecule has 0 aliphatic rings. The Morgan fingerprint density at radius 3 is 2.50 bits per heavy atom. The van der Waals surface area contributed by atoms with E-state index >= 15 is 0 Å². The van der Waals surface area contributed by atoms with E-state index in [0.717, 1.165) is 16.0 Å². The minimum atomic E-state index is -4.38. The van der Waals surface area contributed by atoms with Crippen molar-refractivity contribution >= 4 is 21.5 Å². The van der Waals surface area contributed by atoms with E-state index in [9.17, 15) is 13.0 Å². The van der Waals surface area contributed by atoms with Crippen LogP contribution in [0.15, 0.2) is 15.9 Å². The van der Waals surface area contributed by atoms with Gasteiger partial charge in [-0.2, -0.15) is 0 Å². The molecule has 0 radical (unpaired) electrons. The first-order chi connectivity index (χ1) is 4.52. The molecule has 10 heavy (non-hydrogen) atoms. The van der Waals surface area contributed by atoms with Gasteiger partial charge in [0.15, 0.2) is 10.1 Å². The molecule has 0 spiro atoms. The Bertz CT molecular complexity index is 327. The molecule has 0 aliphatic heterocycles. The maximum atomic E-state index is 10.3. The number of aromatic nitrogens is 1. The van der Waals surface area contributed by atoms with Gasteiger partial charge in [0.05, 0.1) is 5.38 Å². The highest BCUT2D eigenvalue weighted by Gasteiger charge is 2.16. The molecule has 0 saturated carbocycles. The minimum Gasteiger partial charge on any atom is -0.739 e. The molecular weight excluding hydrogens is 176 g/mol. The molecular formula is C3H4N2O3S2. The lowest BCUT2D eigenvalue weighted by molar-refractivity contribution is -0.671.